The van der Waals surface area contributed by atoms with Crippen LogP contribution in [0.1, 0.15) is 45.6 Å². The second-order valence-corrected chi connectivity index (χ2v) is 10.3. The highest BCUT2D eigenvalue weighted by molar-refractivity contribution is 6.30. The number of halogens is 1. The van der Waals surface area contributed by atoms with Gasteiger partial charge in [-0.15, -0.1) is 0 Å². The van der Waals surface area contributed by atoms with E-state index < -0.39 is 0 Å². The Bertz CT molecular complexity index is 601. The fourth-order valence-electron chi connectivity index (χ4n) is 5.16. The molecule has 0 aromatic heterocycles. The van der Waals surface area contributed by atoms with Gasteiger partial charge in [0.2, 0.25) is 0 Å². The van der Waals surface area contributed by atoms with E-state index in [2.05, 4.69) is 32.9 Å². The molecule has 0 unspecified atom stereocenters. The highest BCUT2D eigenvalue weighted by atomic mass is 35.5. The molecular weight excluding hydrogens is 384 g/mol. The molecule has 3 N–H and O–H groups in total. The van der Waals surface area contributed by atoms with Crippen LogP contribution in [0.4, 0.5) is 0 Å². The molecular formula is C24H41ClN2O2+2. The standard InChI is InChI=1S/C24H39ClN2O2/c1-18(2)23-9-4-19(3)14-24(23)29-17-22(28)16-27-12-10-26(11-13-27)15-20-5-7-21(25)8-6-20/h5-8,18-19,22-24,28H,4,9-17H2,1-3H3/p+2/t19-,22-,23-,24-/m1/s1. The number of hydrogen-bond donors (Lipinski definition) is 3. The van der Waals surface area contributed by atoms with Gasteiger partial charge in [0.15, 0.2) is 0 Å². The Kier molecular flexibility index (Phi) is 8.82. The van der Waals surface area contributed by atoms with E-state index in [-0.39, 0.29) is 6.10 Å². The van der Waals surface area contributed by atoms with E-state index in [0.29, 0.717) is 24.5 Å². The zero-order valence-corrected chi connectivity index (χ0v) is 19.3. The third-order valence-corrected chi connectivity index (χ3v) is 7.27. The number of hydrogen-bond acceptors (Lipinski definition) is 2. The Morgan fingerprint density at radius 3 is 2.38 bits per heavy atom. The molecule has 0 amide bonds. The van der Waals surface area contributed by atoms with Crippen molar-refractivity contribution < 1.29 is 19.6 Å². The van der Waals surface area contributed by atoms with Gasteiger partial charge in [0.1, 0.15) is 45.4 Å². The molecule has 0 radical (unpaired) electrons. The van der Waals surface area contributed by atoms with Crippen LogP contribution in [0.2, 0.25) is 5.02 Å². The molecule has 1 saturated carbocycles. The zero-order chi connectivity index (χ0) is 20.8. The molecule has 0 bridgehead atoms. The van der Waals surface area contributed by atoms with Crippen molar-refractivity contribution in [3.05, 3.63) is 34.9 Å². The molecule has 1 heterocycles. The van der Waals surface area contributed by atoms with E-state index in [0.717, 1.165) is 56.6 Å². The minimum Gasteiger partial charge on any atom is -0.385 e. The predicted molar refractivity (Wildman–Crippen MR) is 119 cm³/mol. The molecule has 1 saturated heterocycles. The fraction of sp³-hybridized carbons (Fsp3) is 0.750. The summed E-state index contributed by atoms with van der Waals surface area (Å²) in [4.78, 5) is 3.14. The third kappa shape index (κ3) is 7.22. The first-order valence-electron chi connectivity index (χ1n) is 11.6. The molecule has 5 heteroatoms. The molecule has 1 aromatic carbocycles. The van der Waals surface area contributed by atoms with E-state index in [9.17, 15) is 5.11 Å². The number of aliphatic hydroxyl groups excluding tert-OH is 1. The normalized spacial score (nSPS) is 31.7. The lowest BCUT2D eigenvalue weighted by Gasteiger charge is -2.37. The predicted octanol–water partition coefficient (Wildman–Crippen LogP) is 1.46. The zero-order valence-electron chi connectivity index (χ0n) is 18.5. The number of quaternary nitrogens is 2. The minimum atomic E-state index is -0.354. The summed E-state index contributed by atoms with van der Waals surface area (Å²) in [5.74, 6) is 2.05. The Morgan fingerprint density at radius 1 is 1.07 bits per heavy atom. The highest BCUT2D eigenvalue weighted by Crippen LogP contribution is 2.35. The van der Waals surface area contributed by atoms with Crippen LogP contribution in [-0.2, 0) is 11.3 Å². The number of piperazine rings is 1. The second kappa shape index (κ2) is 11.1. The van der Waals surface area contributed by atoms with E-state index in [1.54, 1.807) is 4.90 Å². The van der Waals surface area contributed by atoms with E-state index in [1.807, 2.05) is 12.1 Å². The van der Waals surface area contributed by atoms with E-state index >= 15 is 0 Å². The largest absolute Gasteiger partial charge is 0.385 e. The van der Waals surface area contributed by atoms with Crippen LogP contribution in [0, 0.1) is 17.8 Å². The molecule has 0 spiro atoms. The molecule has 2 fully saturated rings. The smallest absolute Gasteiger partial charge is 0.127 e. The third-order valence-electron chi connectivity index (χ3n) is 7.02. The number of ether oxygens (including phenoxy) is 1. The van der Waals surface area contributed by atoms with Gasteiger partial charge in [0, 0.05) is 10.6 Å². The Hall–Kier alpha value is -0.650. The van der Waals surface area contributed by atoms with Crippen molar-refractivity contribution in [2.24, 2.45) is 17.8 Å². The van der Waals surface area contributed by atoms with Gasteiger partial charge >= 0.3 is 0 Å². The SMILES string of the molecule is CC(C)[C@H]1CC[C@@H](C)C[C@H]1OC[C@H](O)C[NH+]1CC[NH+](Cc2ccc(Cl)cc2)CC1. The summed E-state index contributed by atoms with van der Waals surface area (Å²) >= 11 is 5.98. The van der Waals surface area contributed by atoms with Crippen molar-refractivity contribution in [1.29, 1.82) is 0 Å². The van der Waals surface area contributed by atoms with Crippen LogP contribution < -0.4 is 9.80 Å². The Balaban J connectivity index is 1.37. The number of nitrogens with one attached hydrogen (secondary N) is 2. The van der Waals surface area contributed by atoms with Gasteiger partial charge in [-0.3, -0.25) is 0 Å². The Morgan fingerprint density at radius 2 is 1.72 bits per heavy atom. The van der Waals surface area contributed by atoms with Crippen LogP contribution in [0.5, 0.6) is 0 Å². The monoisotopic (exact) mass is 424 g/mol. The summed E-state index contributed by atoms with van der Waals surface area (Å²) in [5, 5.41) is 11.4. The topological polar surface area (TPSA) is 38.3 Å². The summed E-state index contributed by atoms with van der Waals surface area (Å²) in [7, 11) is 0. The lowest BCUT2D eigenvalue weighted by molar-refractivity contribution is -1.02. The highest BCUT2D eigenvalue weighted by Gasteiger charge is 2.32. The fourth-order valence-corrected chi connectivity index (χ4v) is 5.29. The van der Waals surface area contributed by atoms with Crippen molar-refractivity contribution >= 4 is 11.6 Å². The van der Waals surface area contributed by atoms with Crippen LogP contribution >= 0.6 is 11.6 Å². The van der Waals surface area contributed by atoms with Gasteiger partial charge in [-0.05, 0) is 42.7 Å². The first kappa shape index (κ1) is 23.0. The van der Waals surface area contributed by atoms with Crippen molar-refractivity contribution in [2.45, 2.75) is 58.8 Å². The summed E-state index contributed by atoms with van der Waals surface area (Å²) < 4.78 is 6.26. The van der Waals surface area contributed by atoms with Gasteiger partial charge in [-0.25, -0.2) is 0 Å². The quantitative estimate of drug-likeness (QED) is 0.591. The average Bonchev–Trinajstić information content (AvgIpc) is 2.69. The van der Waals surface area contributed by atoms with Crippen LogP contribution in [0.15, 0.2) is 24.3 Å². The number of rotatable bonds is 8. The van der Waals surface area contributed by atoms with Gasteiger partial charge < -0.3 is 19.6 Å². The van der Waals surface area contributed by atoms with Crippen LogP contribution in [0.3, 0.4) is 0 Å². The molecule has 29 heavy (non-hydrogen) atoms. The van der Waals surface area contributed by atoms with Gasteiger partial charge in [-0.2, -0.15) is 0 Å². The summed E-state index contributed by atoms with van der Waals surface area (Å²) in [6, 6.07) is 8.22. The molecule has 164 valence electrons. The molecule has 4 atom stereocenters. The lowest BCUT2D eigenvalue weighted by atomic mass is 9.75. The van der Waals surface area contributed by atoms with Crippen molar-refractivity contribution in [3.63, 3.8) is 0 Å². The summed E-state index contributed by atoms with van der Waals surface area (Å²) in [6.45, 7) is 13.9. The molecule has 1 aliphatic carbocycles. The lowest BCUT2D eigenvalue weighted by Crippen LogP contribution is -3.28. The van der Waals surface area contributed by atoms with Gasteiger partial charge in [0.25, 0.3) is 0 Å². The molecule has 2 aliphatic rings. The summed E-state index contributed by atoms with van der Waals surface area (Å²) in [6.07, 6.45) is 3.70. The maximum atomic E-state index is 10.6. The van der Waals surface area contributed by atoms with Gasteiger partial charge in [-0.1, -0.05) is 50.9 Å². The number of benzene rings is 1. The molecule has 3 rings (SSSR count). The molecule has 1 aliphatic heterocycles. The van der Waals surface area contributed by atoms with Crippen molar-refractivity contribution in [2.75, 3.05) is 39.3 Å². The molecule has 1 aromatic rings. The molecule has 4 nitrogen and oxygen atoms in total. The van der Waals surface area contributed by atoms with E-state index in [4.69, 9.17) is 16.3 Å². The second-order valence-electron chi connectivity index (χ2n) is 9.86. The average molecular weight is 425 g/mol. The number of aliphatic hydroxyl groups is 1. The van der Waals surface area contributed by atoms with Gasteiger partial charge in [0.05, 0.1) is 12.7 Å². The first-order valence-corrected chi connectivity index (χ1v) is 12.0. The van der Waals surface area contributed by atoms with Crippen LogP contribution in [0.25, 0.3) is 0 Å². The van der Waals surface area contributed by atoms with Crippen LogP contribution in [-0.4, -0.2) is 56.6 Å². The van der Waals surface area contributed by atoms with Crippen molar-refractivity contribution in [3.8, 4) is 0 Å². The Labute approximate surface area is 182 Å². The first-order chi connectivity index (χ1) is 13.9. The maximum Gasteiger partial charge on any atom is 0.127 e. The van der Waals surface area contributed by atoms with E-state index in [1.165, 1.54) is 23.3 Å². The summed E-state index contributed by atoms with van der Waals surface area (Å²) in [5.41, 5.74) is 1.35. The minimum absolute atomic E-state index is 0.323. The van der Waals surface area contributed by atoms with Crippen molar-refractivity contribution in [1.82, 2.24) is 0 Å². The maximum absolute atomic E-state index is 10.6.